The number of aryl methyl sites for hydroxylation is 1. The smallest absolute Gasteiger partial charge is 0.277 e. The Morgan fingerprint density at radius 1 is 0.921 bits per heavy atom. The summed E-state index contributed by atoms with van der Waals surface area (Å²) >= 11 is 1.21. The van der Waals surface area contributed by atoms with Crippen LogP contribution in [0.5, 0.6) is 0 Å². The first-order valence-electron chi connectivity index (χ1n) is 12.5. The SMILES string of the molecule is Cc1cccc(C(=O)N2CCN(c3ccc(NC(=O)CSc4nnc(Cc5ccccc5)o4)cc3)CC2)c1. The van der Waals surface area contributed by atoms with Crippen LogP contribution < -0.4 is 10.2 Å². The van der Waals surface area contributed by atoms with Gasteiger partial charge in [0.15, 0.2) is 0 Å². The minimum absolute atomic E-state index is 0.0808. The van der Waals surface area contributed by atoms with E-state index in [1.54, 1.807) is 0 Å². The highest BCUT2D eigenvalue weighted by atomic mass is 32.2. The van der Waals surface area contributed by atoms with E-state index in [0.29, 0.717) is 30.6 Å². The number of hydrogen-bond donors (Lipinski definition) is 1. The Balaban J connectivity index is 1.07. The lowest BCUT2D eigenvalue weighted by atomic mass is 10.1. The minimum atomic E-state index is -0.145. The first-order chi connectivity index (χ1) is 18.5. The van der Waals surface area contributed by atoms with Crippen molar-refractivity contribution in [1.29, 1.82) is 0 Å². The van der Waals surface area contributed by atoms with Crippen molar-refractivity contribution in [1.82, 2.24) is 15.1 Å². The average Bonchev–Trinajstić information content (AvgIpc) is 3.40. The van der Waals surface area contributed by atoms with Gasteiger partial charge in [0.2, 0.25) is 11.8 Å². The van der Waals surface area contributed by atoms with E-state index >= 15 is 0 Å². The Morgan fingerprint density at radius 3 is 2.42 bits per heavy atom. The summed E-state index contributed by atoms with van der Waals surface area (Å²) in [6.07, 6.45) is 0.561. The first kappa shape index (κ1) is 25.5. The van der Waals surface area contributed by atoms with Crippen molar-refractivity contribution in [3.63, 3.8) is 0 Å². The summed E-state index contributed by atoms with van der Waals surface area (Å²) < 4.78 is 5.65. The summed E-state index contributed by atoms with van der Waals surface area (Å²) in [4.78, 5) is 29.4. The van der Waals surface area contributed by atoms with Crippen LogP contribution in [0.2, 0.25) is 0 Å². The topological polar surface area (TPSA) is 91.6 Å². The van der Waals surface area contributed by atoms with Crippen LogP contribution in [0.4, 0.5) is 11.4 Å². The largest absolute Gasteiger partial charge is 0.416 e. The Kier molecular flexibility index (Phi) is 8.04. The van der Waals surface area contributed by atoms with E-state index in [9.17, 15) is 9.59 Å². The molecule has 38 heavy (non-hydrogen) atoms. The molecule has 9 heteroatoms. The summed E-state index contributed by atoms with van der Waals surface area (Å²) in [5.41, 5.74) is 4.71. The second kappa shape index (κ2) is 12.0. The van der Waals surface area contributed by atoms with Crippen LogP contribution in [0, 0.1) is 6.92 Å². The molecule has 1 aromatic heterocycles. The number of piperazine rings is 1. The normalized spacial score (nSPS) is 13.4. The van der Waals surface area contributed by atoms with Crippen LogP contribution in [0.25, 0.3) is 0 Å². The molecule has 0 aliphatic carbocycles. The van der Waals surface area contributed by atoms with Gasteiger partial charge >= 0.3 is 0 Å². The van der Waals surface area contributed by atoms with Gasteiger partial charge < -0.3 is 19.5 Å². The van der Waals surface area contributed by atoms with Crippen LogP contribution in [0.15, 0.2) is 88.5 Å². The molecule has 1 aliphatic rings. The molecule has 194 valence electrons. The van der Waals surface area contributed by atoms with Gasteiger partial charge in [-0.2, -0.15) is 0 Å². The summed E-state index contributed by atoms with van der Waals surface area (Å²) in [7, 11) is 0. The van der Waals surface area contributed by atoms with Crippen LogP contribution in [-0.4, -0.2) is 58.8 Å². The Morgan fingerprint density at radius 2 is 1.68 bits per heavy atom. The average molecular weight is 528 g/mol. The van der Waals surface area contributed by atoms with Crippen molar-refractivity contribution in [2.75, 3.05) is 42.1 Å². The molecule has 5 rings (SSSR count). The lowest BCUT2D eigenvalue weighted by Crippen LogP contribution is -2.48. The third-order valence-electron chi connectivity index (χ3n) is 6.32. The minimum Gasteiger partial charge on any atom is -0.416 e. The van der Waals surface area contributed by atoms with Gasteiger partial charge in [-0.15, -0.1) is 10.2 Å². The third-order valence-corrected chi connectivity index (χ3v) is 7.14. The monoisotopic (exact) mass is 527 g/mol. The highest BCUT2D eigenvalue weighted by molar-refractivity contribution is 7.99. The quantitative estimate of drug-likeness (QED) is 0.333. The van der Waals surface area contributed by atoms with E-state index in [-0.39, 0.29) is 17.6 Å². The van der Waals surface area contributed by atoms with Crippen molar-refractivity contribution in [2.45, 2.75) is 18.6 Å². The van der Waals surface area contributed by atoms with E-state index in [1.807, 2.05) is 90.7 Å². The van der Waals surface area contributed by atoms with Gasteiger partial charge in [0.1, 0.15) is 0 Å². The van der Waals surface area contributed by atoms with Crippen molar-refractivity contribution in [2.24, 2.45) is 0 Å². The van der Waals surface area contributed by atoms with E-state index in [1.165, 1.54) is 11.8 Å². The maximum Gasteiger partial charge on any atom is 0.277 e. The summed E-state index contributed by atoms with van der Waals surface area (Å²) in [6, 6.07) is 25.4. The zero-order chi connectivity index (χ0) is 26.3. The van der Waals surface area contributed by atoms with Gasteiger partial charge in [-0.1, -0.05) is 59.8 Å². The molecule has 0 atom stereocenters. The zero-order valence-corrected chi connectivity index (χ0v) is 22.0. The molecule has 2 amide bonds. The van der Waals surface area contributed by atoms with E-state index < -0.39 is 0 Å². The van der Waals surface area contributed by atoms with Crippen LogP contribution in [0.1, 0.15) is 27.4 Å². The Hall–Kier alpha value is -4.11. The molecule has 1 N–H and O–H groups in total. The summed E-state index contributed by atoms with van der Waals surface area (Å²) in [5.74, 6) is 0.632. The van der Waals surface area contributed by atoms with Crippen LogP contribution >= 0.6 is 11.8 Å². The second-order valence-corrected chi connectivity index (χ2v) is 10.1. The van der Waals surface area contributed by atoms with Crippen molar-refractivity contribution < 1.29 is 14.0 Å². The molecule has 1 aliphatic heterocycles. The number of carbonyl (C=O) groups is 2. The van der Waals surface area contributed by atoms with Gasteiger partial charge in [-0.25, -0.2) is 0 Å². The van der Waals surface area contributed by atoms with E-state index in [4.69, 9.17) is 4.42 Å². The molecule has 4 aromatic rings. The number of carbonyl (C=O) groups excluding carboxylic acids is 2. The number of rotatable bonds is 8. The van der Waals surface area contributed by atoms with E-state index in [0.717, 1.165) is 41.2 Å². The van der Waals surface area contributed by atoms with Crippen LogP contribution in [0.3, 0.4) is 0 Å². The Bertz CT molecular complexity index is 1380. The van der Waals surface area contributed by atoms with Gasteiger partial charge in [0.05, 0.1) is 12.2 Å². The van der Waals surface area contributed by atoms with E-state index in [2.05, 4.69) is 20.4 Å². The molecule has 3 aromatic carbocycles. The molecular weight excluding hydrogens is 498 g/mol. The molecule has 2 heterocycles. The number of anilines is 2. The third kappa shape index (κ3) is 6.60. The fourth-order valence-electron chi connectivity index (χ4n) is 4.35. The highest BCUT2D eigenvalue weighted by Gasteiger charge is 2.22. The molecule has 0 bridgehead atoms. The highest BCUT2D eigenvalue weighted by Crippen LogP contribution is 2.22. The second-order valence-electron chi connectivity index (χ2n) is 9.16. The number of benzene rings is 3. The van der Waals surface area contributed by atoms with Gasteiger partial charge in [-0.05, 0) is 48.9 Å². The predicted molar refractivity (Wildman–Crippen MR) is 149 cm³/mol. The number of aromatic nitrogens is 2. The summed E-state index contributed by atoms with van der Waals surface area (Å²) in [6.45, 7) is 4.86. The van der Waals surface area contributed by atoms with Gasteiger partial charge in [0, 0.05) is 43.1 Å². The zero-order valence-electron chi connectivity index (χ0n) is 21.2. The number of thioether (sulfide) groups is 1. The van der Waals surface area contributed by atoms with Crippen molar-refractivity contribution in [3.8, 4) is 0 Å². The van der Waals surface area contributed by atoms with Gasteiger partial charge in [0.25, 0.3) is 11.1 Å². The Labute approximate surface area is 226 Å². The molecule has 8 nitrogen and oxygen atoms in total. The lowest BCUT2D eigenvalue weighted by molar-refractivity contribution is -0.113. The standard InChI is InChI=1S/C29H29N5O3S/c1-21-6-5-9-23(18-21)28(36)34-16-14-33(15-17-34)25-12-10-24(11-13-25)30-26(35)20-38-29-32-31-27(37-29)19-22-7-3-2-4-8-22/h2-13,18H,14-17,19-20H2,1H3,(H,30,35). The fourth-order valence-corrected chi connectivity index (χ4v) is 4.93. The fraction of sp³-hybridized carbons (Fsp3) is 0.241. The number of nitrogens with zero attached hydrogens (tertiary/aromatic N) is 4. The summed E-state index contributed by atoms with van der Waals surface area (Å²) in [5, 5.41) is 11.4. The van der Waals surface area contributed by atoms with Crippen molar-refractivity contribution in [3.05, 3.63) is 101 Å². The number of nitrogens with one attached hydrogen (secondary N) is 1. The number of amides is 2. The first-order valence-corrected chi connectivity index (χ1v) is 13.5. The lowest BCUT2D eigenvalue weighted by Gasteiger charge is -2.36. The molecule has 0 unspecified atom stereocenters. The maximum absolute atomic E-state index is 12.8. The predicted octanol–water partition coefficient (Wildman–Crippen LogP) is 4.66. The van der Waals surface area contributed by atoms with Gasteiger partial charge in [-0.3, -0.25) is 9.59 Å². The molecule has 1 saturated heterocycles. The molecule has 0 radical (unpaired) electrons. The van der Waals surface area contributed by atoms with Crippen LogP contribution in [-0.2, 0) is 11.2 Å². The molecule has 1 fully saturated rings. The molecular formula is C29H29N5O3S. The maximum atomic E-state index is 12.8. The molecule has 0 saturated carbocycles. The molecule has 0 spiro atoms. The van der Waals surface area contributed by atoms with Crippen molar-refractivity contribution >= 4 is 35.0 Å². The number of hydrogen-bond acceptors (Lipinski definition) is 7.